The van der Waals surface area contributed by atoms with Crippen molar-refractivity contribution in [1.29, 1.82) is 0 Å². The molecule has 0 atom stereocenters. The maximum absolute atomic E-state index is 8.71. The maximum Gasteiger partial charge on any atom is 0.155 e. The van der Waals surface area contributed by atoms with E-state index in [1.807, 2.05) is 18.3 Å². The van der Waals surface area contributed by atoms with Crippen molar-refractivity contribution in [2.75, 3.05) is 6.61 Å². The van der Waals surface area contributed by atoms with Crippen LogP contribution >= 0.6 is 0 Å². The van der Waals surface area contributed by atoms with Crippen LogP contribution in [0.4, 0.5) is 0 Å². The lowest BCUT2D eigenvalue weighted by Crippen LogP contribution is -1.99. The summed E-state index contributed by atoms with van der Waals surface area (Å²) in [6, 6.07) is 3.84. The summed E-state index contributed by atoms with van der Waals surface area (Å²) in [5.41, 5.74) is 7.38. The van der Waals surface area contributed by atoms with Crippen LogP contribution in [-0.2, 0) is 13.0 Å². The van der Waals surface area contributed by atoms with Crippen LogP contribution in [0.2, 0.25) is 0 Å². The number of hydrogen-bond acceptors (Lipinski definition) is 4. The monoisotopic (exact) mass is 206 g/mol. The third-order valence-electron chi connectivity index (χ3n) is 2.23. The molecular weight excluding hydrogens is 192 g/mol. The van der Waals surface area contributed by atoms with Crippen LogP contribution in [0, 0.1) is 0 Å². The molecule has 5 heteroatoms. The van der Waals surface area contributed by atoms with E-state index >= 15 is 0 Å². The summed E-state index contributed by atoms with van der Waals surface area (Å²) in [4.78, 5) is 4.33. The van der Waals surface area contributed by atoms with Crippen LogP contribution in [0.25, 0.3) is 5.65 Å². The van der Waals surface area contributed by atoms with Gasteiger partial charge < -0.3 is 10.8 Å². The second kappa shape index (κ2) is 4.37. The molecule has 0 spiro atoms. The largest absolute Gasteiger partial charge is 0.396 e. The molecule has 3 N–H and O–H groups in total. The van der Waals surface area contributed by atoms with E-state index in [-0.39, 0.29) is 6.61 Å². The van der Waals surface area contributed by atoms with Crippen molar-refractivity contribution in [2.45, 2.75) is 19.4 Å². The van der Waals surface area contributed by atoms with E-state index < -0.39 is 0 Å². The average Bonchev–Trinajstić information content (AvgIpc) is 2.67. The van der Waals surface area contributed by atoms with E-state index in [0.717, 1.165) is 17.0 Å². The van der Waals surface area contributed by atoms with Crippen LogP contribution in [0.3, 0.4) is 0 Å². The lowest BCUT2D eigenvalue weighted by molar-refractivity contribution is 0.287. The molecule has 0 aromatic carbocycles. The third-order valence-corrected chi connectivity index (χ3v) is 2.23. The van der Waals surface area contributed by atoms with Gasteiger partial charge in [0.2, 0.25) is 0 Å². The molecule has 0 radical (unpaired) electrons. The van der Waals surface area contributed by atoms with E-state index in [1.54, 1.807) is 4.52 Å². The van der Waals surface area contributed by atoms with Crippen molar-refractivity contribution in [2.24, 2.45) is 5.73 Å². The second-order valence-electron chi connectivity index (χ2n) is 3.40. The van der Waals surface area contributed by atoms with Gasteiger partial charge in [0.15, 0.2) is 11.5 Å². The Bertz CT molecular complexity index is 452. The van der Waals surface area contributed by atoms with Crippen LogP contribution in [0.1, 0.15) is 17.8 Å². The quantitative estimate of drug-likeness (QED) is 0.744. The lowest BCUT2D eigenvalue weighted by Gasteiger charge is -1.95. The first-order valence-electron chi connectivity index (χ1n) is 4.98. The molecule has 5 nitrogen and oxygen atoms in total. The summed E-state index contributed by atoms with van der Waals surface area (Å²) in [6.45, 7) is 0.672. The number of rotatable bonds is 4. The number of hydrogen-bond donors (Lipinski definition) is 2. The number of aliphatic hydroxyl groups excluding tert-OH is 1. The minimum absolute atomic E-state index is 0.170. The van der Waals surface area contributed by atoms with Crippen LogP contribution < -0.4 is 5.73 Å². The zero-order chi connectivity index (χ0) is 10.7. The molecule has 2 aromatic rings. The predicted octanol–water partition coefficient (Wildman–Crippen LogP) is 0.113. The zero-order valence-electron chi connectivity index (χ0n) is 8.43. The van der Waals surface area contributed by atoms with E-state index in [9.17, 15) is 0 Å². The first-order chi connectivity index (χ1) is 7.33. The summed E-state index contributed by atoms with van der Waals surface area (Å²) < 4.78 is 1.73. The molecule has 0 aliphatic carbocycles. The number of nitrogens with zero attached hydrogens (tertiary/aromatic N) is 3. The first kappa shape index (κ1) is 10.1. The molecule has 0 saturated heterocycles. The Labute approximate surface area is 87.6 Å². The highest BCUT2D eigenvalue weighted by Gasteiger charge is 2.03. The molecule has 15 heavy (non-hydrogen) atoms. The van der Waals surface area contributed by atoms with Crippen molar-refractivity contribution in [3.05, 3.63) is 29.7 Å². The van der Waals surface area contributed by atoms with E-state index in [1.165, 1.54) is 0 Å². The summed E-state index contributed by atoms with van der Waals surface area (Å²) in [5.74, 6) is 0.762. The molecule has 0 aliphatic rings. The highest BCUT2D eigenvalue weighted by Crippen LogP contribution is 2.05. The fourth-order valence-electron chi connectivity index (χ4n) is 1.44. The van der Waals surface area contributed by atoms with Gasteiger partial charge in [0.05, 0.1) is 0 Å². The second-order valence-corrected chi connectivity index (χ2v) is 3.40. The van der Waals surface area contributed by atoms with Crippen LogP contribution in [0.5, 0.6) is 0 Å². The van der Waals surface area contributed by atoms with Gasteiger partial charge in [-0.05, 0) is 18.1 Å². The molecule has 2 heterocycles. The number of aryl methyl sites for hydroxylation is 1. The molecule has 0 bridgehead atoms. The molecule has 0 amide bonds. The van der Waals surface area contributed by atoms with E-state index in [2.05, 4.69) is 10.1 Å². The number of aromatic nitrogens is 3. The standard InChI is InChI=1S/C10H14N4O/c11-6-8-3-4-10-12-9(2-1-5-15)13-14(10)7-8/h3-4,7,15H,1-2,5-6,11H2. The van der Waals surface area contributed by atoms with E-state index in [0.29, 0.717) is 19.4 Å². The van der Waals surface area contributed by atoms with Gasteiger partial charge in [-0.1, -0.05) is 6.07 Å². The molecule has 0 fully saturated rings. The molecule has 0 saturated carbocycles. The first-order valence-corrected chi connectivity index (χ1v) is 4.98. The van der Waals surface area contributed by atoms with Gasteiger partial charge in [-0.3, -0.25) is 0 Å². The smallest absolute Gasteiger partial charge is 0.155 e. The Morgan fingerprint density at radius 3 is 3.00 bits per heavy atom. The van der Waals surface area contributed by atoms with Crippen LogP contribution in [0.15, 0.2) is 18.3 Å². The number of fused-ring (bicyclic) bond motifs is 1. The number of nitrogens with two attached hydrogens (primary N) is 1. The van der Waals surface area contributed by atoms with Crippen LogP contribution in [-0.4, -0.2) is 26.3 Å². The molecule has 2 rings (SSSR count). The fourth-order valence-corrected chi connectivity index (χ4v) is 1.44. The highest BCUT2D eigenvalue weighted by atomic mass is 16.2. The van der Waals surface area contributed by atoms with Gasteiger partial charge in [0.25, 0.3) is 0 Å². The van der Waals surface area contributed by atoms with Gasteiger partial charge in [-0.25, -0.2) is 9.50 Å². The predicted molar refractivity (Wildman–Crippen MR) is 56.3 cm³/mol. The topological polar surface area (TPSA) is 76.4 Å². The van der Waals surface area contributed by atoms with Crippen molar-refractivity contribution in [3.8, 4) is 0 Å². The SMILES string of the molecule is NCc1ccc2nc(CCCO)nn2c1. The maximum atomic E-state index is 8.71. The Morgan fingerprint density at radius 2 is 2.27 bits per heavy atom. The highest BCUT2D eigenvalue weighted by molar-refractivity contribution is 5.38. The molecule has 80 valence electrons. The number of aliphatic hydroxyl groups is 1. The number of pyridine rings is 1. The molecule has 0 unspecified atom stereocenters. The summed E-state index contributed by atoms with van der Waals surface area (Å²) in [7, 11) is 0. The zero-order valence-corrected chi connectivity index (χ0v) is 8.43. The van der Waals surface area contributed by atoms with Crippen molar-refractivity contribution in [1.82, 2.24) is 14.6 Å². The lowest BCUT2D eigenvalue weighted by atomic mass is 10.3. The Morgan fingerprint density at radius 1 is 1.40 bits per heavy atom. The third kappa shape index (κ3) is 2.14. The average molecular weight is 206 g/mol. The van der Waals surface area contributed by atoms with E-state index in [4.69, 9.17) is 10.8 Å². The van der Waals surface area contributed by atoms with Crippen molar-refractivity contribution < 1.29 is 5.11 Å². The summed E-state index contributed by atoms with van der Waals surface area (Å²) >= 11 is 0. The summed E-state index contributed by atoms with van der Waals surface area (Å²) in [5, 5.41) is 13.0. The molecular formula is C10H14N4O. The fraction of sp³-hybridized carbons (Fsp3) is 0.400. The van der Waals surface area contributed by atoms with Crippen molar-refractivity contribution >= 4 is 5.65 Å². The van der Waals surface area contributed by atoms with Gasteiger partial charge in [0, 0.05) is 25.8 Å². The molecule has 0 aliphatic heterocycles. The Kier molecular flexibility index (Phi) is 2.94. The van der Waals surface area contributed by atoms with Gasteiger partial charge >= 0.3 is 0 Å². The van der Waals surface area contributed by atoms with Gasteiger partial charge in [-0.15, -0.1) is 0 Å². The minimum atomic E-state index is 0.170. The minimum Gasteiger partial charge on any atom is -0.396 e. The Hall–Kier alpha value is -1.46. The normalized spacial score (nSPS) is 11.1. The van der Waals surface area contributed by atoms with Gasteiger partial charge in [-0.2, -0.15) is 5.10 Å². The molecule has 2 aromatic heterocycles. The summed E-state index contributed by atoms with van der Waals surface area (Å²) in [6.07, 6.45) is 3.28. The van der Waals surface area contributed by atoms with Gasteiger partial charge in [0.1, 0.15) is 0 Å². The van der Waals surface area contributed by atoms with Crippen molar-refractivity contribution in [3.63, 3.8) is 0 Å². The Balaban J connectivity index is 2.29.